The molecule has 0 bridgehead atoms. The van der Waals surface area contributed by atoms with E-state index in [0.717, 1.165) is 16.3 Å². The van der Waals surface area contributed by atoms with Gasteiger partial charge in [-0.2, -0.15) is 0 Å². The van der Waals surface area contributed by atoms with Crippen LogP contribution in [-0.4, -0.2) is 68.0 Å². The third kappa shape index (κ3) is 7.78. The van der Waals surface area contributed by atoms with Gasteiger partial charge in [-0.1, -0.05) is 60.7 Å². The minimum Gasteiger partial charge on any atom is -0.375 e. The number of nitrogens with one attached hydrogen (secondary N) is 2. The van der Waals surface area contributed by atoms with Crippen LogP contribution in [0.1, 0.15) is 41.3 Å². The van der Waals surface area contributed by atoms with Crippen molar-refractivity contribution in [3.63, 3.8) is 0 Å². The highest BCUT2D eigenvalue weighted by atomic mass is 16.5. The maximum absolute atomic E-state index is 13.6. The number of nitrogens with zero attached hydrogens (tertiary/aromatic N) is 2. The number of benzene rings is 3. The van der Waals surface area contributed by atoms with Crippen LogP contribution in [0.2, 0.25) is 0 Å². The monoisotopic (exact) mass is 530 g/mol. The molecule has 3 atom stereocenters. The Morgan fingerprint density at radius 2 is 1.85 bits per heavy atom. The summed E-state index contributed by atoms with van der Waals surface area (Å²) in [5.41, 5.74) is 12.6. The fourth-order valence-electron chi connectivity index (χ4n) is 4.97. The van der Waals surface area contributed by atoms with Crippen molar-refractivity contribution in [1.82, 2.24) is 15.5 Å². The molecular formula is C30H38N6O3. The molecular weight excluding hydrogens is 492 g/mol. The van der Waals surface area contributed by atoms with Crippen LogP contribution in [0.25, 0.3) is 10.8 Å². The summed E-state index contributed by atoms with van der Waals surface area (Å²) in [5, 5.41) is 8.66. The first-order chi connectivity index (χ1) is 18.9. The van der Waals surface area contributed by atoms with Crippen molar-refractivity contribution in [3.8, 4) is 0 Å². The first-order valence-corrected chi connectivity index (χ1v) is 13.4. The third-order valence-corrected chi connectivity index (χ3v) is 7.10. The number of hydrogen-bond donors (Lipinski definition) is 4. The van der Waals surface area contributed by atoms with Crippen LogP contribution >= 0.6 is 0 Å². The van der Waals surface area contributed by atoms with Gasteiger partial charge in [0.1, 0.15) is 0 Å². The second-order valence-corrected chi connectivity index (χ2v) is 9.84. The van der Waals surface area contributed by atoms with Gasteiger partial charge in [0.25, 0.3) is 5.91 Å². The molecule has 0 aromatic heterocycles. The molecule has 9 heteroatoms. The predicted octanol–water partition coefficient (Wildman–Crippen LogP) is 2.57. The van der Waals surface area contributed by atoms with Crippen molar-refractivity contribution in [2.75, 3.05) is 33.3 Å². The summed E-state index contributed by atoms with van der Waals surface area (Å²) in [4.78, 5) is 32.5. The van der Waals surface area contributed by atoms with E-state index in [1.807, 2.05) is 77.7 Å². The van der Waals surface area contributed by atoms with Crippen LogP contribution in [0.5, 0.6) is 0 Å². The molecule has 39 heavy (non-hydrogen) atoms. The van der Waals surface area contributed by atoms with Gasteiger partial charge in [0, 0.05) is 38.3 Å². The molecule has 0 radical (unpaired) electrons. The molecule has 4 rings (SSSR count). The van der Waals surface area contributed by atoms with E-state index in [-0.39, 0.29) is 29.9 Å². The summed E-state index contributed by atoms with van der Waals surface area (Å²) in [7, 11) is 1.66. The fourth-order valence-corrected chi connectivity index (χ4v) is 4.97. The Kier molecular flexibility index (Phi) is 9.88. The van der Waals surface area contributed by atoms with E-state index in [4.69, 9.17) is 16.2 Å². The van der Waals surface area contributed by atoms with Gasteiger partial charge in [-0.05, 0) is 47.7 Å². The van der Waals surface area contributed by atoms with Gasteiger partial charge in [0.2, 0.25) is 5.91 Å². The van der Waals surface area contributed by atoms with E-state index in [9.17, 15) is 9.59 Å². The predicted molar refractivity (Wildman–Crippen MR) is 154 cm³/mol. The van der Waals surface area contributed by atoms with Gasteiger partial charge in [-0.25, -0.2) is 0 Å². The summed E-state index contributed by atoms with van der Waals surface area (Å²) in [6.07, 6.45) is 1.68. The van der Waals surface area contributed by atoms with Crippen molar-refractivity contribution < 1.29 is 14.3 Å². The van der Waals surface area contributed by atoms with Crippen LogP contribution in [0, 0.1) is 0 Å². The molecule has 0 aliphatic carbocycles. The van der Waals surface area contributed by atoms with Crippen LogP contribution in [0.3, 0.4) is 0 Å². The maximum Gasteiger partial charge on any atom is 0.251 e. The Hall–Kier alpha value is -3.95. The summed E-state index contributed by atoms with van der Waals surface area (Å²) in [5.74, 6) is -0.0827. The average Bonchev–Trinajstić information content (AvgIpc) is 3.10. The number of carbonyl (C=O) groups is 2. The molecule has 1 aliphatic heterocycles. The summed E-state index contributed by atoms with van der Waals surface area (Å²) in [6.45, 7) is 1.85. The molecule has 0 spiro atoms. The summed E-state index contributed by atoms with van der Waals surface area (Å²) >= 11 is 0. The number of carbonyl (C=O) groups excluding carboxylic acids is 2. The first-order valence-electron chi connectivity index (χ1n) is 13.4. The molecule has 1 heterocycles. The van der Waals surface area contributed by atoms with Crippen molar-refractivity contribution >= 4 is 28.5 Å². The zero-order valence-electron chi connectivity index (χ0n) is 22.4. The van der Waals surface area contributed by atoms with Gasteiger partial charge >= 0.3 is 0 Å². The van der Waals surface area contributed by atoms with Crippen LogP contribution < -0.4 is 22.1 Å². The highest BCUT2D eigenvalue weighted by Gasteiger charge is 2.32. The highest BCUT2D eigenvalue weighted by molar-refractivity contribution is 5.98. The molecule has 1 aliphatic rings. The molecule has 1 fully saturated rings. The molecule has 2 amide bonds. The maximum atomic E-state index is 13.6. The molecule has 0 saturated carbocycles. The fraction of sp³-hybridized carbons (Fsp3) is 0.367. The second kappa shape index (κ2) is 13.7. The largest absolute Gasteiger partial charge is 0.375 e. The number of ether oxygens (including phenoxy) is 1. The van der Waals surface area contributed by atoms with Crippen molar-refractivity contribution in [3.05, 3.63) is 83.9 Å². The van der Waals surface area contributed by atoms with Gasteiger partial charge in [0.05, 0.1) is 18.7 Å². The van der Waals surface area contributed by atoms with E-state index in [0.29, 0.717) is 51.0 Å². The van der Waals surface area contributed by atoms with E-state index in [2.05, 4.69) is 15.6 Å². The number of guanidine groups is 1. The Balaban J connectivity index is 1.43. The summed E-state index contributed by atoms with van der Waals surface area (Å²) in [6, 6.07) is 23.1. The number of methoxy groups -OCH3 is 1. The third-order valence-electron chi connectivity index (χ3n) is 7.10. The van der Waals surface area contributed by atoms with Gasteiger partial charge in [-0.3, -0.25) is 14.6 Å². The van der Waals surface area contributed by atoms with Crippen LogP contribution in [0.4, 0.5) is 0 Å². The normalized spacial score (nSPS) is 18.4. The number of rotatable bonds is 11. The molecule has 3 aromatic rings. The van der Waals surface area contributed by atoms with Gasteiger partial charge in [-0.15, -0.1) is 0 Å². The van der Waals surface area contributed by atoms with Crippen molar-refractivity contribution in [2.24, 2.45) is 16.5 Å². The zero-order chi connectivity index (χ0) is 27.6. The molecule has 1 saturated heterocycles. The standard InChI is InChI=1S/C30H38N6O3/c1-39-27(22-9-3-2-4-10-22)20-36-17-15-25(35-26(29(36)38)12-7-16-33-30(31)32)19-34-28(37)24-14-13-21-8-5-6-11-23(21)18-24/h2-6,8-11,13-14,18,25-27,35H,7,12,15-17,19-20H2,1H3,(H,34,37)(H4,31,32,33)/t25-,26-,27?/m0/s1. The van der Waals surface area contributed by atoms with Crippen molar-refractivity contribution in [1.29, 1.82) is 0 Å². The number of fused-ring (bicyclic) bond motifs is 1. The van der Waals surface area contributed by atoms with E-state index in [1.54, 1.807) is 7.11 Å². The lowest BCUT2D eigenvalue weighted by Crippen LogP contribution is -2.49. The second-order valence-electron chi connectivity index (χ2n) is 9.84. The number of amides is 2. The Labute approximate surface area is 229 Å². The lowest BCUT2D eigenvalue weighted by molar-refractivity contribution is -0.134. The topological polar surface area (TPSA) is 135 Å². The minimum absolute atomic E-state index is 0.0148. The Morgan fingerprint density at radius 3 is 2.59 bits per heavy atom. The molecule has 1 unspecified atom stereocenters. The lowest BCUT2D eigenvalue weighted by atomic mass is 10.1. The van der Waals surface area contributed by atoms with Crippen LogP contribution in [-0.2, 0) is 9.53 Å². The van der Waals surface area contributed by atoms with Gasteiger partial charge < -0.3 is 31.7 Å². The van der Waals surface area contributed by atoms with E-state index in [1.165, 1.54) is 0 Å². The van der Waals surface area contributed by atoms with Crippen molar-refractivity contribution in [2.45, 2.75) is 37.5 Å². The highest BCUT2D eigenvalue weighted by Crippen LogP contribution is 2.21. The average molecular weight is 531 g/mol. The first kappa shape index (κ1) is 28.1. The smallest absolute Gasteiger partial charge is 0.251 e. The lowest BCUT2D eigenvalue weighted by Gasteiger charge is -2.28. The SMILES string of the molecule is COC(CN1CC[C@@H](CNC(=O)c2ccc3ccccc3c2)N[C@@H](CCCN=C(N)N)C1=O)c1ccccc1. The Bertz CT molecular complexity index is 1280. The number of nitrogens with two attached hydrogens (primary N) is 2. The molecule has 6 N–H and O–H groups in total. The van der Waals surface area contributed by atoms with Crippen LogP contribution in [0.15, 0.2) is 77.8 Å². The quantitative estimate of drug-likeness (QED) is 0.171. The number of hydrogen-bond acceptors (Lipinski definition) is 5. The van der Waals surface area contributed by atoms with E-state index >= 15 is 0 Å². The van der Waals surface area contributed by atoms with E-state index < -0.39 is 6.04 Å². The van der Waals surface area contributed by atoms with Gasteiger partial charge in [0.15, 0.2) is 5.96 Å². The number of aliphatic imine (C=N–C) groups is 1. The molecule has 9 nitrogen and oxygen atoms in total. The molecule has 3 aromatic carbocycles. The minimum atomic E-state index is -0.419. The zero-order valence-corrected chi connectivity index (χ0v) is 22.4. The Morgan fingerprint density at radius 1 is 1.10 bits per heavy atom. The summed E-state index contributed by atoms with van der Waals surface area (Å²) < 4.78 is 5.76. The molecule has 206 valence electrons.